The number of carbonyl (C=O) groups excluding carboxylic acids is 2. The highest BCUT2D eigenvalue weighted by Crippen LogP contribution is 2.43. The molecule has 0 aliphatic carbocycles. The van der Waals surface area contributed by atoms with Gasteiger partial charge in [0.15, 0.2) is 6.10 Å². The lowest BCUT2D eigenvalue weighted by atomic mass is 10.0. The lowest BCUT2D eigenvalue weighted by Crippen LogP contribution is -2.29. The molecule has 0 saturated carbocycles. The van der Waals surface area contributed by atoms with Crippen LogP contribution in [-0.4, -0.2) is 76.9 Å². The van der Waals surface area contributed by atoms with Crippen LogP contribution in [-0.2, 0) is 32.7 Å². The number of phosphoric ester groups is 1. The van der Waals surface area contributed by atoms with E-state index in [0.29, 0.717) is 19.3 Å². The zero-order valence-electron chi connectivity index (χ0n) is 33.0. The summed E-state index contributed by atoms with van der Waals surface area (Å²) in [7, 11) is -4.64. The van der Waals surface area contributed by atoms with Crippen molar-refractivity contribution in [1.29, 1.82) is 0 Å². The Hall–Kier alpha value is -2.11. The molecule has 53 heavy (non-hydrogen) atoms. The third-order valence-corrected chi connectivity index (χ3v) is 9.13. The van der Waals surface area contributed by atoms with Crippen LogP contribution in [0.5, 0.6) is 0 Å². The number of unbranched alkanes of at least 4 members (excludes halogenated alkanes) is 10. The molecule has 4 N–H and O–H groups in total. The van der Waals surface area contributed by atoms with E-state index in [0.717, 1.165) is 63.7 Å². The topological polar surface area (TPSA) is 169 Å². The van der Waals surface area contributed by atoms with Crippen LogP contribution in [0, 0.1) is 5.92 Å². The lowest BCUT2D eigenvalue weighted by Gasteiger charge is -2.20. The first-order valence-electron chi connectivity index (χ1n) is 20.0. The van der Waals surface area contributed by atoms with Gasteiger partial charge in [-0.15, -0.1) is 0 Å². The lowest BCUT2D eigenvalue weighted by molar-refractivity contribution is -0.161. The molecule has 0 aromatic heterocycles. The number of carbonyl (C=O) groups is 2. The highest BCUT2D eigenvalue weighted by Gasteiger charge is 2.27. The molecule has 0 aliphatic rings. The van der Waals surface area contributed by atoms with Crippen LogP contribution in [0.25, 0.3) is 0 Å². The molecule has 0 aromatic carbocycles. The maximum absolute atomic E-state index is 12.5. The highest BCUT2D eigenvalue weighted by molar-refractivity contribution is 7.47. The van der Waals surface area contributed by atoms with Crippen molar-refractivity contribution in [3.63, 3.8) is 0 Å². The van der Waals surface area contributed by atoms with Crippen LogP contribution < -0.4 is 0 Å². The van der Waals surface area contributed by atoms with Gasteiger partial charge in [-0.1, -0.05) is 120 Å². The Bertz CT molecular complexity index is 1050. The van der Waals surface area contributed by atoms with Crippen LogP contribution in [0.15, 0.2) is 48.6 Å². The number of rotatable bonds is 36. The molecule has 0 heterocycles. The summed E-state index contributed by atoms with van der Waals surface area (Å²) in [6.07, 6.45) is 32.3. The summed E-state index contributed by atoms with van der Waals surface area (Å²) in [6, 6.07) is 0. The fraction of sp³-hybridized carbons (Fsp3) is 0.756. The smallest absolute Gasteiger partial charge is 0.462 e. The van der Waals surface area contributed by atoms with Crippen molar-refractivity contribution < 1.29 is 52.9 Å². The number of ether oxygens (including phenoxy) is 2. The molecule has 11 nitrogen and oxygen atoms in total. The summed E-state index contributed by atoms with van der Waals surface area (Å²) < 4.78 is 32.5. The maximum atomic E-state index is 12.5. The maximum Gasteiger partial charge on any atom is 0.472 e. The minimum Gasteiger partial charge on any atom is -0.462 e. The molecular formula is C41H73O11P. The minimum atomic E-state index is -4.64. The summed E-state index contributed by atoms with van der Waals surface area (Å²) in [4.78, 5) is 34.8. The van der Waals surface area contributed by atoms with E-state index < -0.39 is 51.8 Å². The fourth-order valence-corrected chi connectivity index (χ4v) is 5.86. The molecule has 0 rings (SSSR count). The Morgan fingerprint density at radius 2 is 1.09 bits per heavy atom. The van der Waals surface area contributed by atoms with Gasteiger partial charge in [-0.05, 0) is 70.6 Å². The molecule has 4 atom stereocenters. The second-order valence-corrected chi connectivity index (χ2v) is 15.5. The van der Waals surface area contributed by atoms with Gasteiger partial charge in [0.2, 0.25) is 0 Å². The van der Waals surface area contributed by atoms with Crippen LogP contribution >= 0.6 is 7.82 Å². The SMILES string of the molecule is CC(C)CCCCCCCCCCCC(=O)OC[C@H](COP(=O)(O)OC[C@@H](O)CO)OC(=O)CCC/C=C\C/C=C\C/C=C\C/C=C\CCC[C@H](C)O. The molecule has 0 amide bonds. The number of allylic oxidation sites excluding steroid dienone is 8. The van der Waals surface area contributed by atoms with Crippen molar-refractivity contribution in [3.8, 4) is 0 Å². The number of esters is 2. The summed E-state index contributed by atoms with van der Waals surface area (Å²) in [6.45, 7) is 4.12. The fourth-order valence-electron chi connectivity index (χ4n) is 5.07. The van der Waals surface area contributed by atoms with Crippen molar-refractivity contribution in [2.24, 2.45) is 5.92 Å². The molecule has 12 heteroatoms. The predicted molar refractivity (Wildman–Crippen MR) is 211 cm³/mol. The molecule has 0 aliphatic heterocycles. The first-order valence-corrected chi connectivity index (χ1v) is 21.5. The van der Waals surface area contributed by atoms with Gasteiger partial charge in [-0.3, -0.25) is 18.6 Å². The normalized spacial score (nSPS) is 15.2. The van der Waals surface area contributed by atoms with Crippen molar-refractivity contribution in [2.75, 3.05) is 26.4 Å². The number of hydrogen-bond donors (Lipinski definition) is 4. The number of aliphatic hydroxyl groups is 3. The van der Waals surface area contributed by atoms with Gasteiger partial charge in [0, 0.05) is 12.8 Å². The Kier molecular flexibility index (Phi) is 34.2. The van der Waals surface area contributed by atoms with Crippen LogP contribution in [0.2, 0.25) is 0 Å². The average molecular weight is 773 g/mol. The van der Waals surface area contributed by atoms with Crippen molar-refractivity contribution in [3.05, 3.63) is 48.6 Å². The van der Waals surface area contributed by atoms with Crippen molar-refractivity contribution >= 4 is 19.8 Å². The molecule has 0 spiro atoms. The monoisotopic (exact) mass is 772 g/mol. The minimum absolute atomic E-state index is 0.0956. The van der Waals surface area contributed by atoms with E-state index >= 15 is 0 Å². The molecule has 0 bridgehead atoms. The van der Waals surface area contributed by atoms with E-state index in [-0.39, 0.29) is 25.6 Å². The Morgan fingerprint density at radius 3 is 1.64 bits per heavy atom. The third kappa shape index (κ3) is 38.0. The summed E-state index contributed by atoms with van der Waals surface area (Å²) >= 11 is 0. The second kappa shape index (κ2) is 35.6. The van der Waals surface area contributed by atoms with Gasteiger partial charge >= 0.3 is 19.8 Å². The van der Waals surface area contributed by atoms with Gasteiger partial charge in [0.05, 0.1) is 25.9 Å². The zero-order chi connectivity index (χ0) is 39.4. The van der Waals surface area contributed by atoms with Gasteiger partial charge in [0.1, 0.15) is 12.7 Å². The molecule has 0 aromatic rings. The van der Waals surface area contributed by atoms with Crippen LogP contribution in [0.4, 0.5) is 0 Å². The summed E-state index contributed by atoms with van der Waals surface area (Å²) in [5.41, 5.74) is 0. The number of aliphatic hydroxyl groups excluding tert-OH is 3. The quantitative estimate of drug-likeness (QED) is 0.0208. The van der Waals surface area contributed by atoms with E-state index in [4.69, 9.17) is 19.1 Å². The Labute approximate surface area is 320 Å². The highest BCUT2D eigenvalue weighted by atomic mass is 31.2. The predicted octanol–water partition coefficient (Wildman–Crippen LogP) is 8.99. The standard InChI is InChI=1S/C41H73O11P/c1-36(2)28-24-20-16-12-11-15-18-22-26-30-40(45)49-34-39(35-51-53(47,48)50-33-38(44)32-42)52-41(46)31-27-23-19-14-10-8-6-4-5-7-9-13-17-21-25-29-37(3)43/h5-8,13-14,17,19,36-39,42-44H,4,9-12,15-16,18,20-35H2,1-3H3,(H,47,48)/b7-5-,8-6-,17-13-,19-14-/t37-,38-,39+/m0/s1. The summed E-state index contributed by atoms with van der Waals surface area (Å²) in [5, 5.41) is 27.5. The molecule has 0 saturated heterocycles. The van der Waals surface area contributed by atoms with Gasteiger partial charge in [-0.2, -0.15) is 0 Å². The van der Waals surface area contributed by atoms with Gasteiger partial charge < -0.3 is 29.7 Å². The van der Waals surface area contributed by atoms with E-state index in [2.05, 4.69) is 54.8 Å². The average Bonchev–Trinajstić information content (AvgIpc) is 3.11. The first kappa shape index (κ1) is 50.9. The van der Waals surface area contributed by atoms with E-state index in [1.54, 1.807) is 0 Å². The van der Waals surface area contributed by atoms with Crippen molar-refractivity contribution in [2.45, 2.75) is 167 Å². The van der Waals surface area contributed by atoms with Crippen LogP contribution in [0.1, 0.15) is 149 Å². The molecule has 308 valence electrons. The number of hydrogen-bond acceptors (Lipinski definition) is 10. The van der Waals surface area contributed by atoms with Crippen molar-refractivity contribution in [1.82, 2.24) is 0 Å². The molecular weight excluding hydrogens is 699 g/mol. The number of phosphoric acid groups is 1. The van der Waals surface area contributed by atoms with E-state index in [1.165, 1.54) is 38.5 Å². The summed E-state index contributed by atoms with van der Waals surface area (Å²) in [5.74, 6) is -0.241. The Balaban J connectivity index is 4.45. The molecule has 0 radical (unpaired) electrons. The zero-order valence-corrected chi connectivity index (χ0v) is 33.9. The largest absolute Gasteiger partial charge is 0.472 e. The van der Waals surface area contributed by atoms with Gasteiger partial charge in [-0.25, -0.2) is 4.57 Å². The first-order chi connectivity index (χ1) is 25.4. The van der Waals surface area contributed by atoms with Gasteiger partial charge in [0.25, 0.3) is 0 Å². The molecule has 0 fully saturated rings. The van der Waals surface area contributed by atoms with E-state index in [1.807, 2.05) is 19.1 Å². The van der Waals surface area contributed by atoms with E-state index in [9.17, 15) is 29.3 Å². The van der Waals surface area contributed by atoms with Crippen LogP contribution in [0.3, 0.4) is 0 Å². The second-order valence-electron chi connectivity index (χ2n) is 14.1. The molecule has 1 unspecified atom stereocenters. The Morgan fingerprint density at radius 1 is 0.604 bits per heavy atom. The third-order valence-electron chi connectivity index (χ3n) is 8.18.